The maximum atomic E-state index is 11.8. The fourth-order valence-corrected chi connectivity index (χ4v) is 2.98. The molecule has 8 heteroatoms. The van der Waals surface area contributed by atoms with Crippen LogP contribution >= 0.6 is 0 Å². The highest BCUT2D eigenvalue weighted by Crippen LogP contribution is 2.26. The van der Waals surface area contributed by atoms with E-state index in [-0.39, 0.29) is 12.2 Å². The van der Waals surface area contributed by atoms with Gasteiger partial charge in [-0.3, -0.25) is 4.90 Å². The molecular weight excluding hydrogens is 346 g/mol. The number of hydrogen-bond acceptors (Lipinski definition) is 7. The van der Waals surface area contributed by atoms with E-state index < -0.39 is 5.97 Å². The molecule has 1 fully saturated rings. The van der Waals surface area contributed by atoms with E-state index >= 15 is 0 Å². The van der Waals surface area contributed by atoms with Crippen LogP contribution in [0.5, 0.6) is 0 Å². The number of hydrogen-bond donors (Lipinski definition) is 1. The Morgan fingerprint density at radius 3 is 2.59 bits per heavy atom. The second-order valence-electron chi connectivity index (χ2n) is 6.19. The summed E-state index contributed by atoms with van der Waals surface area (Å²) in [6.07, 6.45) is 1.30. The molecule has 1 aromatic heterocycles. The summed E-state index contributed by atoms with van der Waals surface area (Å²) in [7, 11) is 0. The first kappa shape index (κ1) is 20.5. The zero-order valence-electron chi connectivity index (χ0n) is 16.0. The molecule has 0 amide bonds. The summed E-state index contributed by atoms with van der Waals surface area (Å²) >= 11 is 0. The summed E-state index contributed by atoms with van der Waals surface area (Å²) in [5, 5.41) is 21.7. The molecule has 0 saturated carbocycles. The first-order valence-corrected chi connectivity index (χ1v) is 8.97. The molecule has 1 N–H and O–H groups in total. The molecule has 0 radical (unpaired) electrons. The Morgan fingerprint density at radius 1 is 1.30 bits per heavy atom. The van der Waals surface area contributed by atoms with Crippen LogP contribution in [0.1, 0.15) is 23.7 Å². The van der Waals surface area contributed by atoms with Crippen LogP contribution in [0.2, 0.25) is 0 Å². The van der Waals surface area contributed by atoms with Crippen molar-refractivity contribution in [1.29, 1.82) is 10.5 Å². The lowest BCUT2D eigenvalue weighted by atomic mass is 10.2. The number of esters is 1. The predicted octanol–water partition coefficient (Wildman–Crippen LogP) is 1.69. The van der Waals surface area contributed by atoms with Crippen molar-refractivity contribution in [2.24, 2.45) is 0 Å². The minimum Gasteiger partial charge on any atom is -0.462 e. The van der Waals surface area contributed by atoms with Gasteiger partial charge in [-0.2, -0.15) is 10.5 Å². The topological polar surface area (TPSA) is 103 Å². The Kier molecular flexibility index (Phi) is 7.42. The average molecular weight is 371 g/mol. The first-order valence-electron chi connectivity index (χ1n) is 8.97. The third-order valence-corrected chi connectivity index (χ3v) is 4.65. The molecule has 1 aliphatic heterocycles. The van der Waals surface area contributed by atoms with Gasteiger partial charge in [-0.05, 0) is 26.3 Å². The van der Waals surface area contributed by atoms with Crippen LogP contribution in [0.3, 0.4) is 0 Å². The van der Waals surface area contributed by atoms with Crippen LogP contribution in [0, 0.1) is 36.5 Å². The van der Waals surface area contributed by atoms with Gasteiger partial charge >= 0.3 is 5.97 Å². The molecule has 2 rings (SSSR count). The average Bonchev–Trinajstić information content (AvgIpc) is 2.91. The Morgan fingerprint density at radius 2 is 2.00 bits per heavy atom. The van der Waals surface area contributed by atoms with E-state index in [0.29, 0.717) is 17.9 Å². The molecule has 2 heterocycles. The van der Waals surface area contributed by atoms with Gasteiger partial charge in [0.05, 0.1) is 25.4 Å². The number of aromatic nitrogens is 1. The van der Waals surface area contributed by atoms with Gasteiger partial charge in [0.1, 0.15) is 18.0 Å². The van der Waals surface area contributed by atoms with E-state index in [1.807, 2.05) is 24.5 Å². The fourth-order valence-electron chi connectivity index (χ4n) is 2.98. The molecule has 1 saturated heterocycles. The molecule has 1 aromatic rings. The highest BCUT2D eigenvalue weighted by molar-refractivity contribution is 5.93. The second kappa shape index (κ2) is 9.77. The Hall–Kier alpha value is -2.81. The summed E-state index contributed by atoms with van der Waals surface area (Å²) < 4.78 is 12.3. The smallest absolute Gasteiger partial charge is 0.350 e. The van der Waals surface area contributed by atoms with Crippen molar-refractivity contribution < 1.29 is 14.3 Å². The SMILES string of the molecule is CCOC(=O)/C(C#N)=C/Nc1c(C#N)c(C)c(C)n1CCN1CCOCC1. The molecule has 1 aliphatic rings. The van der Waals surface area contributed by atoms with Crippen molar-refractivity contribution in [2.45, 2.75) is 27.3 Å². The van der Waals surface area contributed by atoms with Gasteiger partial charge < -0.3 is 19.4 Å². The van der Waals surface area contributed by atoms with E-state index in [2.05, 4.69) is 16.3 Å². The highest BCUT2D eigenvalue weighted by Gasteiger charge is 2.19. The third kappa shape index (κ3) is 4.88. The predicted molar refractivity (Wildman–Crippen MR) is 99.8 cm³/mol. The van der Waals surface area contributed by atoms with Crippen molar-refractivity contribution in [3.63, 3.8) is 0 Å². The number of morpholine rings is 1. The molecule has 144 valence electrons. The standard InChI is InChI=1S/C19H25N5O3/c1-4-27-19(25)16(11-20)13-22-18-17(12-21)14(2)15(3)24(18)6-5-23-7-9-26-10-8-23/h13,22H,4-10H2,1-3H3/b16-13+. The normalized spacial score (nSPS) is 15.1. The largest absolute Gasteiger partial charge is 0.462 e. The van der Waals surface area contributed by atoms with Gasteiger partial charge in [0.25, 0.3) is 0 Å². The number of nitriles is 2. The zero-order valence-corrected chi connectivity index (χ0v) is 16.0. The van der Waals surface area contributed by atoms with Crippen LogP contribution in [0.15, 0.2) is 11.8 Å². The molecule has 8 nitrogen and oxygen atoms in total. The van der Waals surface area contributed by atoms with Crippen molar-refractivity contribution in [3.05, 3.63) is 28.6 Å². The number of rotatable bonds is 7. The monoisotopic (exact) mass is 371 g/mol. The molecular formula is C19H25N5O3. The summed E-state index contributed by atoms with van der Waals surface area (Å²) in [4.78, 5) is 14.1. The van der Waals surface area contributed by atoms with E-state index in [0.717, 1.165) is 44.1 Å². The van der Waals surface area contributed by atoms with Gasteiger partial charge in [-0.15, -0.1) is 0 Å². The molecule has 27 heavy (non-hydrogen) atoms. The van der Waals surface area contributed by atoms with Crippen molar-refractivity contribution in [3.8, 4) is 12.1 Å². The number of anilines is 1. The Bertz CT molecular complexity index is 792. The van der Waals surface area contributed by atoms with Crippen LogP contribution < -0.4 is 5.32 Å². The number of nitrogens with one attached hydrogen (secondary N) is 1. The van der Waals surface area contributed by atoms with Crippen molar-refractivity contribution in [1.82, 2.24) is 9.47 Å². The molecule has 0 unspecified atom stereocenters. The Labute approximate surface area is 159 Å². The van der Waals surface area contributed by atoms with Crippen LogP contribution in [0.4, 0.5) is 5.82 Å². The Balaban J connectivity index is 2.25. The summed E-state index contributed by atoms with van der Waals surface area (Å²) in [6.45, 7) is 10.5. The van der Waals surface area contributed by atoms with Crippen molar-refractivity contribution in [2.75, 3.05) is 44.8 Å². The van der Waals surface area contributed by atoms with Crippen LogP contribution in [0.25, 0.3) is 0 Å². The summed E-state index contributed by atoms with van der Waals surface area (Å²) in [6, 6.07) is 4.04. The minimum absolute atomic E-state index is 0.142. The van der Waals surface area contributed by atoms with Gasteiger partial charge in [0.15, 0.2) is 5.57 Å². The van der Waals surface area contributed by atoms with Crippen LogP contribution in [-0.4, -0.2) is 54.9 Å². The van der Waals surface area contributed by atoms with E-state index in [1.165, 1.54) is 6.20 Å². The van der Waals surface area contributed by atoms with Gasteiger partial charge in [-0.1, -0.05) is 0 Å². The summed E-state index contributed by atoms with van der Waals surface area (Å²) in [5.41, 5.74) is 2.22. The third-order valence-electron chi connectivity index (χ3n) is 4.65. The molecule has 0 atom stereocenters. The summed E-state index contributed by atoms with van der Waals surface area (Å²) in [5.74, 6) is -0.108. The lowest BCUT2D eigenvalue weighted by molar-refractivity contribution is -0.138. The number of nitrogens with zero attached hydrogens (tertiary/aromatic N) is 4. The minimum atomic E-state index is -0.689. The number of ether oxygens (including phenoxy) is 2. The maximum Gasteiger partial charge on any atom is 0.350 e. The van der Waals surface area contributed by atoms with Gasteiger partial charge in [-0.25, -0.2) is 4.79 Å². The van der Waals surface area contributed by atoms with Crippen LogP contribution in [-0.2, 0) is 20.8 Å². The van der Waals surface area contributed by atoms with E-state index in [1.54, 1.807) is 6.92 Å². The van der Waals surface area contributed by atoms with E-state index in [4.69, 9.17) is 9.47 Å². The number of carbonyl (C=O) groups is 1. The highest BCUT2D eigenvalue weighted by atomic mass is 16.5. The fraction of sp³-hybridized carbons (Fsp3) is 0.526. The van der Waals surface area contributed by atoms with E-state index in [9.17, 15) is 15.3 Å². The van der Waals surface area contributed by atoms with Gasteiger partial charge in [0, 0.05) is 38.1 Å². The molecule has 0 aromatic carbocycles. The maximum absolute atomic E-state index is 11.8. The lowest BCUT2D eigenvalue weighted by Gasteiger charge is -2.27. The number of carbonyl (C=O) groups excluding carboxylic acids is 1. The van der Waals surface area contributed by atoms with Gasteiger partial charge in [0.2, 0.25) is 0 Å². The molecule has 0 spiro atoms. The lowest BCUT2D eigenvalue weighted by Crippen LogP contribution is -2.38. The first-order chi connectivity index (χ1) is 13.0. The second-order valence-corrected chi connectivity index (χ2v) is 6.19. The molecule has 0 bridgehead atoms. The quantitative estimate of drug-likeness (QED) is 0.442. The van der Waals surface area contributed by atoms with Crippen molar-refractivity contribution >= 4 is 11.8 Å². The zero-order chi connectivity index (χ0) is 19.8. The molecule has 0 aliphatic carbocycles.